The zero-order valence-electron chi connectivity index (χ0n) is 18.2. The van der Waals surface area contributed by atoms with E-state index in [-0.39, 0.29) is 18.2 Å². The number of hydrazone groups is 1. The van der Waals surface area contributed by atoms with Gasteiger partial charge >= 0.3 is 5.97 Å². The number of piperazine rings is 1. The fourth-order valence-electron chi connectivity index (χ4n) is 3.87. The normalized spacial score (nSPS) is 18.8. The third-order valence-electron chi connectivity index (χ3n) is 5.79. The predicted molar refractivity (Wildman–Crippen MR) is 122 cm³/mol. The van der Waals surface area contributed by atoms with Gasteiger partial charge in [-0.25, -0.2) is 0 Å². The minimum atomic E-state index is -0.817. The summed E-state index contributed by atoms with van der Waals surface area (Å²) in [5.41, 5.74) is 3.11. The van der Waals surface area contributed by atoms with E-state index in [1.165, 1.54) is 0 Å². The summed E-state index contributed by atoms with van der Waals surface area (Å²) in [7, 11) is 2.11. The van der Waals surface area contributed by atoms with Crippen LogP contribution in [-0.2, 0) is 11.2 Å². The van der Waals surface area contributed by atoms with Crippen molar-refractivity contribution in [3.8, 4) is 5.75 Å². The highest BCUT2D eigenvalue weighted by atomic mass is 16.5. The summed E-state index contributed by atoms with van der Waals surface area (Å²) >= 11 is 0. The molecule has 1 fully saturated rings. The van der Waals surface area contributed by atoms with Gasteiger partial charge in [-0.15, -0.1) is 0 Å². The fraction of sp³-hybridized carbons (Fsp3) is 0.375. The molecule has 2 N–H and O–H groups in total. The number of hydrogen-bond acceptors (Lipinski definition) is 6. The molecular formula is C24H28N4O4. The van der Waals surface area contributed by atoms with E-state index in [1.54, 1.807) is 18.2 Å². The van der Waals surface area contributed by atoms with Crippen molar-refractivity contribution < 1.29 is 19.4 Å². The lowest BCUT2D eigenvalue weighted by atomic mass is 9.94. The van der Waals surface area contributed by atoms with Gasteiger partial charge in [0.25, 0.3) is 5.91 Å². The molecule has 1 unspecified atom stereocenters. The lowest BCUT2D eigenvalue weighted by Gasteiger charge is -2.30. The summed E-state index contributed by atoms with van der Waals surface area (Å²) in [4.78, 5) is 25.8. The highest BCUT2D eigenvalue weighted by molar-refractivity contribution is 6.04. The van der Waals surface area contributed by atoms with E-state index in [0.717, 1.165) is 37.3 Å². The summed E-state index contributed by atoms with van der Waals surface area (Å²) in [5.74, 6) is -0.353. The minimum Gasteiger partial charge on any atom is -0.493 e. The van der Waals surface area contributed by atoms with Crippen LogP contribution in [0.5, 0.6) is 5.75 Å². The van der Waals surface area contributed by atoms with Crippen LogP contribution < -0.4 is 10.1 Å². The van der Waals surface area contributed by atoms with Crippen LogP contribution in [0.1, 0.15) is 27.9 Å². The Balaban J connectivity index is 1.33. The Morgan fingerprint density at radius 1 is 1.16 bits per heavy atom. The molecule has 1 atom stereocenters. The fourth-order valence-corrected chi connectivity index (χ4v) is 3.87. The van der Waals surface area contributed by atoms with E-state index in [2.05, 4.69) is 27.4 Å². The number of rotatable bonds is 6. The number of benzene rings is 2. The van der Waals surface area contributed by atoms with Gasteiger partial charge in [-0.3, -0.25) is 14.6 Å². The lowest BCUT2D eigenvalue weighted by Crippen LogP contribution is -2.41. The zero-order valence-corrected chi connectivity index (χ0v) is 18.2. The van der Waals surface area contributed by atoms with Crippen LogP contribution in [0, 0.1) is 5.92 Å². The van der Waals surface area contributed by atoms with E-state index < -0.39 is 5.97 Å². The molecule has 0 spiro atoms. The molecule has 1 amide bonds. The Morgan fingerprint density at radius 3 is 2.62 bits per heavy atom. The van der Waals surface area contributed by atoms with Crippen molar-refractivity contribution in [2.45, 2.75) is 12.8 Å². The predicted octanol–water partition coefficient (Wildman–Crippen LogP) is 2.55. The van der Waals surface area contributed by atoms with Gasteiger partial charge in [-0.05, 0) is 42.8 Å². The first kappa shape index (κ1) is 21.8. The number of carbonyl (C=O) groups excluding carboxylic acids is 1. The molecule has 2 heterocycles. The average Bonchev–Trinajstić information content (AvgIpc) is 2.79. The van der Waals surface area contributed by atoms with E-state index in [1.807, 2.05) is 30.5 Å². The highest BCUT2D eigenvalue weighted by Gasteiger charge is 2.22. The number of hydrogen-bond donors (Lipinski definition) is 2. The van der Waals surface area contributed by atoms with Crippen LogP contribution >= 0.6 is 0 Å². The van der Waals surface area contributed by atoms with Crippen LogP contribution in [0.4, 0.5) is 5.69 Å². The quantitative estimate of drug-likeness (QED) is 0.676. The molecular weight excluding hydrogens is 408 g/mol. The van der Waals surface area contributed by atoms with Gasteiger partial charge in [-0.1, -0.05) is 18.2 Å². The number of fused-ring (bicyclic) bond motifs is 1. The van der Waals surface area contributed by atoms with Crippen molar-refractivity contribution in [1.29, 1.82) is 0 Å². The molecule has 0 aromatic heterocycles. The van der Waals surface area contributed by atoms with E-state index in [9.17, 15) is 9.59 Å². The van der Waals surface area contributed by atoms with Crippen molar-refractivity contribution >= 4 is 23.8 Å². The van der Waals surface area contributed by atoms with Gasteiger partial charge < -0.3 is 20.1 Å². The number of aliphatic carboxylic acids is 1. The number of anilines is 1. The SMILES string of the molecule is CN1CCN(N=Cc2ccc(C(=O)Nc3ccc4c(c3)OCC(CC(=O)O)C4)cc2)CC1. The molecule has 4 rings (SSSR count). The molecule has 0 saturated carbocycles. The Bertz CT molecular complexity index is 998. The number of amides is 1. The Labute approximate surface area is 187 Å². The second-order valence-electron chi connectivity index (χ2n) is 8.38. The number of nitrogens with zero attached hydrogens (tertiary/aromatic N) is 3. The second-order valence-corrected chi connectivity index (χ2v) is 8.38. The van der Waals surface area contributed by atoms with Gasteiger partial charge in [0.2, 0.25) is 0 Å². The summed E-state index contributed by atoms with van der Waals surface area (Å²) in [6.45, 7) is 4.21. The molecule has 0 aliphatic carbocycles. The van der Waals surface area contributed by atoms with Crippen LogP contribution in [0.3, 0.4) is 0 Å². The maximum atomic E-state index is 12.6. The third kappa shape index (κ3) is 5.64. The third-order valence-corrected chi connectivity index (χ3v) is 5.79. The van der Waals surface area contributed by atoms with Gasteiger partial charge in [-0.2, -0.15) is 5.10 Å². The minimum absolute atomic E-state index is 0.0289. The van der Waals surface area contributed by atoms with Crippen LogP contribution in [0.25, 0.3) is 0 Å². The zero-order chi connectivity index (χ0) is 22.5. The first-order valence-corrected chi connectivity index (χ1v) is 10.8. The average molecular weight is 437 g/mol. The van der Waals surface area contributed by atoms with Crippen molar-refractivity contribution in [2.75, 3.05) is 45.2 Å². The number of ether oxygens (including phenoxy) is 1. The van der Waals surface area contributed by atoms with E-state index >= 15 is 0 Å². The standard InChI is InChI=1S/C24H28N4O4/c1-27-8-10-28(11-9-27)25-15-17-2-4-19(5-3-17)24(31)26-21-7-6-20-12-18(13-23(29)30)16-32-22(20)14-21/h2-7,14-15,18H,8-13,16H2,1H3,(H,26,31)(H,29,30). The Hall–Kier alpha value is -3.39. The van der Waals surface area contributed by atoms with Gasteiger partial charge in [0.1, 0.15) is 5.75 Å². The van der Waals surface area contributed by atoms with E-state index in [4.69, 9.17) is 9.84 Å². The monoisotopic (exact) mass is 436 g/mol. The number of carboxylic acids is 1. The molecule has 32 heavy (non-hydrogen) atoms. The second kappa shape index (κ2) is 9.82. The van der Waals surface area contributed by atoms with Crippen LogP contribution in [-0.4, -0.2) is 72.9 Å². The molecule has 2 aromatic rings. The van der Waals surface area contributed by atoms with Crippen molar-refractivity contribution in [2.24, 2.45) is 11.0 Å². The lowest BCUT2D eigenvalue weighted by molar-refractivity contribution is -0.138. The molecule has 8 heteroatoms. The van der Waals surface area contributed by atoms with Gasteiger partial charge in [0.05, 0.1) is 19.2 Å². The molecule has 2 aliphatic heterocycles. The smallest absolute Gasteiger partial charge is 0.303 e. The van der Waals surface area contributed by atoms with Crippen molar-refractivity contribution in [3.05, 3.63) is 59.2 Å². The molecule has 0 bridgehead atoms. The maximum absolute atomic E-state index is 12.6. The first-order chi connectivity index (χ1) is 15.5. The van der Waals surface area contributed by atoms with Crippen LogP contribution in [0.15, 0.2) is 47.6 Å². The number of carbonyl (C=O) groups is 2. The molecule has 1 saturated heterocycles. The number of nitrogens with one attached hydrogen (secondary N) is 1. The van der Waals surface area contributed by atoms with Gasteiger partial charge in [0.15, 0.2) is 0 Å². The summed E-state index contributed by atoms with van der Waals surface area (Å²) in [6, 6.07) is 12.8. The van der Waals surface area contributed by atoms with Crippen LogP contribution in [0.2, 0.25) is 0 Å². The maximum Gasteiger partial charge on any atom is 0.303 e. The highest BCUT2D eigenvalue weighted by Crippen LogP contribution is 2.31. The number of likely N-dealkylation sites (N-methyl/N-ethyl adjacent to an activating group) is 1. The Kier molecular flexibility index (Phi) is 6.70. The topological polar surface area (TPSA) is 94.5 Å². The molecule has 2 aromatic carbocycles. The molecule has 8 nitrogen and oxygen atoms in total. The molecule has 168 valence electrons. The van der Waals surface area contributed by atoms with E-state index in [0.29, 0.717) is 30.0 Å². The Morgan fingerprint density at radius 2 is 1.91 bits per heavy atom. The molecule has 2 aliphatic rings. The summed E-state index contributed by atoms with van der Waals surface area (Å²) < 4.78 is 5.73. The molecule has 0 radical (unpaired) electrons. The van der Waals surface area contributed by atoms with Crippen molar-refractivity contribution in [1.82, 2.24) is 9.91 Å². The number of carboxylic acid groups (broad SMARTS) is 1. The first-order valence-electron chi connectivity index (χ1n) is 10.8. The summed E-state index contributed by atoms with van der Waals surface area (Å²) in [6.07, 6.45) is 2.58. The van der Waals surface area contributed by atoms with Crippen molar-refractivity contribution in [3.63, 3.8) is 0 Å². The van der Waals surface area contributed by atoms with Gasteiger partial charge in [0, 0.05) is 49.4 Å². The summed E-state index contributed by atoms with van der Waals surface area (Å²) in [5, 5.41) is 18.5. The largest absolute Gasteiger partial charge is 0.493 e.